The van der Waals surface area contributed by atoms with Crippen molar-refractivity contribution >= 4 is 17.5 Å². The number of carbonyl (C=O) groups is 1. The first-order valence-corrected chi connectivity index (χ1v) is 9.97. The van der Waals surface area contributed by atoms with E-state index in [0.717, 1.165) is 24.1 Å². The number of rotatable bonds is 8. The second-order valence-electron chi connectivity index (χ2n) is 7.36. The minimum Gasteiger partial charge on any atom is -0.460 e. The van der Waals surface area contributed by atoms with Gasteiger partial charge in [-0.2, -0.15) is 0 Å². The number of hydrogen-bond acceptors (Lipinski definition) is 6. The Hall–Kier alpha value is -3.00. The zero-order chi connectivity index (χ0) is 21.5. The molecule has 160 valence electrons. The van der Waals surface area contributed by atoms with Crippen LogP contribution in [-0.2, 0) is 27.5 Å². The molecule has 0 atom stereocenters. The number of halogens is 1. The summed E-state index contributed by atoms with van der Waals surface area (Å²) < 4.78 is 26.0. The van der Waals surface area contributed by atoms with Crippen molar-refractivity contribution in [3.05, 3.63) is 59.2 Å². The van der Waals surface area contributed by atoms with E-state index in [-0.39, 0.29) is 25.0 Å². The van der Waals surface area contributed by atoms with Gasteiger partial charge in [0.15, 0.2) is 5.82 Å². The summed E-state index contributed by atoms with van der Waals surface area (Å²) in [4.78, 5) is 17.8. The predicted molar refractivity (Wildman–Crippen MR) is 112 cm³/mol. The molecule has 0 amide bonds. The van der Waals surface area contributed by atoms with Crippen LogP contribution in [0.4, 0.5) is 10.1 Å². The van der Waals surface area contributed by atoms with Crippen molar-refractivity contribution in [1.29, 1.82) is 5.41 Å². The molecule has 1 aliphatic heterocycles. The monoisotopic (exact) mass is 414 g/mol. The van der Waals surface area contributed by atoms with Crippen LogP contribution in [0.25, 0.3) is 0 Å². The van der Waals surface area contributed by atoms with Crippen LogP contribution < -0.4 is 10.6 Å². The molecule has 1 aromatic carbocycles. The van der Waals surface area contributed by atoms with Crippen molar-refractivity contribution in [3.8, 4) is 0 Å². The van der Waals surface area contributed by atoms with Gasteiger partial charge >= 0.3 is 5.97 Å². The summed E-state index contributed by atoms with van der Waals surface area (Å²) in [5.41, 5.74) is 8.02. The number of nitrogens with two attached hydrogens (primary N) is 1. The third kappa shape index (κ3) is 5.76. The molecule has 0 saturated carbocycles. The molecule has 0 unspecified atom stereocenters. The average molecular weight is 414 g/mol. The summed E-state index contributed by atoms with van der Waals surface area (Å²) in [6, 6.07) is 8.99. The molecule has 0 spiro atoms. The summed E-state index contributed by atoms with van der Waals surface area (Å²) in [6.07, 6.45) is 3.20. The van der Waals surface area contributed by atoms with Gasteiger partial charge in [0.1, 0.15) is 18.9 Å². The first-order valence-electron chi connectivity index (χ1n) is 9.97. The Morgan fingerprint density at radius 1 is 1.23 bits per heavy atom. The highest BCUT2D eigenvalue weighted by Crippen LogP contribution is 2.27. The van der Waals surface area contributed by atoms with E-state index in [0.29, 0.717) is 30.9 Å². The van der Waals surface area contributed by atoms with E-state index in [1.807, 2.05) is 24.0 Å². The minimum atomic E-state index is -0.644. The molecular formula is C22H27FN4O3. The molecule has 0 bridgehead atoms. The van der Waals surface area contributed by atoms with E-state index >= 15 is 0 Å². The van der Waals surface area contributed by atoms with Gasteiger partial charge < -0.3 is 20.1 Å². The molecule has 1 fully saturated rings. The number of aryl methyl sites for hydroxylation is 1. The Morgan fingerprint density at radius 3 is 2.67 bits per heavy atom. The number of amidine groups is 1. The Kier molecular flexibility index (Phi) is 7.35. The van der Waals surface area contributed by atoms with Crippen LogP contribution in [0.2, 0.25) is 0 Å². The van der Waals surface area contributed by atoms with Crippen molar-refractivity contribution in [2.24, 2.45) is 5.73 Å². The second-order valence-corrected chi connectivity index (χ2v) is 7.36. The smallest absolute Gasteiger partial charge is 0.313 e. The van der Waals surface area contributed by atoms with Gasteiger partial charge in [-0.25, -0.2) is 4.39 Å². The van der Waals surface area contributed by atoms with E-state index < -0.39 is 11.8 Å². The maximum Gasteiger partial charge on any atom is 0.313 e. The number of benzene rings is 1. The highest BCUT2D eigenvalue weighted by molar-refractivity contribution is 5.94. The van der Waals surface area contributed by atoms with Crippen LogP contribution in [0.15, 0.2) is 36.5 Å². The lowest BCUT2D eigenvalue weighted by Gasteiger charge is -2.34. The number of pyridine rings is 1. The molecule has 1 aromatic heterocycles. The molecular weight excluding hydrogens is 387 g/mol. The number of aromatic nitrogens is 1. The molecule has 7 nitrogen and oxygen atoms in total. The minimum absolute atomic E-state index is 0.125. The summed E-state index contributed by atoms with van der Waals surface area (Å²) in [5, 5.41) is 7.11. The number of nitrogens with zero attached hydrogens (tertiary/aromatic N) is 2. The van der Waals surface area contributed by atoms with Gasteiger partial charge in [-0.15, -0.1) is 0 Å². The number of carbonyl (C=O) groups excluding carboxylic acids is 1. The fraction of sp³-hybridized carbons (Fsp3) is 0.409. The quantitative estimate of drug-likeness (QED) is 0.391. The fourth-order valence-electron chi connectivity index (χ4n) is 3.43. The zero-order valence-corrected chi connectivity index (χ0v) is 17.1. The Balaban J connectivity index is 1.53. The first kappa shape index (κ1) is 21.7. The van der Waals surface area contributed by atoms with Crippen LogP contribution in [0.5, 0.6) is 0 Å². The van der Waals surface area contributed by atoms with Crippen LogP contribution in [0.1, 0.15) is 36.1 Å². The topological polar surface area (TPSA) is 102 Å². The largest absolute Gasteiger partial charge is 0.460 e. The Bertz CT molecular complexity index is 898. The number of hydrogen-bond donors (Lipinski definition) is 2. The number of anilines is 1. The molecule has 0 radical (unpaired) electrons. The summed E-state index contributed by atoms with van der Waals surface area (Å²) in [6.45, 7) is 3.67. The molecule has 1 aliphatic rings. The molecule has 2 aromatic rings. The lowest BCUT2D eigenvalue weighted by Crippen LogP contribution is -2.37. The second kappa shape index (κ2) is 10.2. The Morgan fingerprint density at radius 2 is 1.97 bits per heavy atom. The molecule has 2 heterocycles. The predicted octanol–water partition coefficient (Wildman–Crippen LogP) is 3.08. The van der Waals surface area contributed by atoms with Crippen LogP contribution in [-0.4, -0.2) is 36.0 Å². The van der Waals surface area contributed by atoms with Gasteiger partial charge in [-0.3, -0.25) is 15.2 Å². The standard InChI is InChI=1S/C22H27FN4O3/c1-15-16(5-3-9-26-15)13-29-18-7-10-27(11-8-18)19-6-2-4-17(22(19)23)14-30-21(28)12-20(24)25/h2-6,9,18H,7-8,10-14H2,1H3,(H3,24,25). The third-order valence-electron chi connectivity index (χ3n) is 5.16. The maximum atomic E-state index is 14.9. The van der Waals surface area contributed by atoms with Crippen molar-refractivity contribution < 1.29 is 18.7 Å². The number of ether oxygens (including phenoxy) is 2. The third-order valence-corrected chi connectivity index (χ3v) is 5.16. The average Bonchev–Trinajstić information content (AvgIpc) is 2.72. The van der Waals surface area contributed by atoms with E-state index in [1.54, 1.807) is 24.4 Å². The molecule has 8 heteroatoms. The van der Waals surface area contributed by atoms with E-state index in [9.17, 15) is 9.18 Å². The number of esters is 1. The lowest BCUT2D eigenvalue weighted by atomic mass is 10.1. The van der Waals surface area contributed by atoms with Gasteiger partial charge in [-0.1, -0.05) is 18.2 Å². The summed E-state index contributed by atoms with van der Waals surface area (Å²) in [7, 11) is 0. The van der Waals surface area contributed by atoms with E-state index in [1.165, 1.54) is 0 Å². The summed E-state index contributed by atoms with van der Waals surface area (Å²) >= 11 is 0. The van der Waals surface area contributed by atoms with Gasteiger partial charge in [0, 0.05) is 30.5 Å². The van der Waals surface area contributed by atoms with Crippen molar-refractivity contribution in [2.75, 3.05) is 18.0 Å². The maximum absolute atomic E-state index is 14.9. The Labute approximate surface area is 175 Å². The highest BCUT2D eigenvalue weighted by Gasteiger charge is 2.23. The van der Waals surface area contributed by atoms with E-state index in [2.05, 4.69) is 4.98 Å². The van der Waals surface area contributed by atoms with Crippen molar-refractivity contribution in [2.45, 2.75) is 45.5 Å². The zero-order valence-electron chi connectivity index (χ0n) is 17.1. The molecule has 3 N–H and O–H groups in total. The van der Waals surface area contributed by atoms with Crippen molar-refractivity contribution in [1.82, 2.24) is 4.98 Å². The fourth-order valence-corrected chi connectivity index (χ4v) is 3.43. The highest BCUT2D eigenvalue weighted by atomic mass is 19.1. The van der Waals surface area contributed by atoms with Crippen LogP contribution in [0.3, 0.4) is 0 Å². The number of piperidine rings is 1. The van der Waals surface area contributed by atoms with E-state index in [4.69, 9.17) is 20.6 Å². The first-order chi connectivity index (χ1) is 14.4. The molecule has 0 aliphatic carbocycles. The van der Waals surface area contributed by atoms with Gasteiger partial charge in [0.25, 0.3) is 0 Å². The SMILES string of the molecule is Cc1ncccc1COC1CCN(c2cccc(COC(=O)CC(=N)N)c2F)CC1. The van der Waals surface area contributed by atoms with Gasteiger partial charge in [0.05, 0.1) is 18.4 Å². The van der Waals surface area contributed by atoms with Gasteiger partial charge in [0.2, 0.25) is 0 Å². The lowest BCUT2D eigenvalue weighted by molar-refractivity contribution is -0.143. The molecule has 3 rings (SSSR count). The van der Waals surface area contributed by atoms with Gasteiger partial charge in [-0.05, 0) is 37.5 Å². The van der Waals surface area contributed by atoms with Crippen molar-refractivity contribution in [3.63, 3.8) is 0 Å². The molecule has 30 heavy (non-hydrogen) atoms. The number of nitrogens with one attached hydrogen (secondary N) is 1. The molecule has 1 saturated heterocycles. The van der Waals surface area contributed by atoms with Crippen LogP contribution >= 0.6 is 0 Å². The van der Waals surface area contributed by atoms with Crippen LogP contribution in [0, 0.1) is 18.2 Å². The normalized spacial score (nSPS) is 14.5. The summed E-state index contributed by atoms with van der Waals surface area (Å²) in [5.74, 6) is -1.31.